The number of rotatable bonds is 8. The van der Waals surface area contributed by atoms with Gasteiger partial charge in [0.2, 0.25) is 5.91 Å². The summed E-state index contributed by atoms with van der Waals surface area (Å²) in [5, 5.41) is 19.2. The first kappa shape index (κ1) is 25.4. The van der Waals surface area contributed by atoms with Crippen LogP contribution in [0.25, 0.3) is 0 Å². The van der Waals surface area contributed by atoms with Crippen LogP contribution in [0.5, 0.6) is 0 Å². The number of carbonyl (C=O) groups excluding carboxylic acids is 1. The maximum Gasteiger partial charge on any atom is 0.228 e. The highest BCUT2D eigenvalue weighted by atomic mass is 16.3. The van der Waals surface area contributed by atoms with Gasteiger partial charge in [-0.25, -0.2) is 0 Å². The molecule has 4 saturated carbocycles. The molecule has 6 fully saturated rings. The molecule has 6 heteroatoms. The largest absolute Gasteiger partial charge is 0.394 e. The number of piperidine rings is 2. The fourth-order valence-electron chi connectivity index (χ4n) is 8.99. The van der Waals surface area contributed by atoms with Crippen LogP contribution in [-0.4, -0.2) is 82.3 Å². The van der Waals surface area contributed by atoms with Gasteiger partial charge in [0.15, 0.2) is 0 Å². The Morgan fingerprint density at radius 1 is 0.914 bits per heavy atom. The van der Waals surface area contributed by atoms with E-state index in [9.17, 15) is 15.0 Å². The van der Waals surface area contributed by atoms with Crippen LogP contribution in [0.15, 0.2) is 12.4 Å². The molecule has 35 heavy (non-hydrogen) atoms. The first-order chi connectivity index (χ1) is 16.8. The van der Waals surface area contributed by atoms with Gasteiger partial charge >= 0.3 is 0 Å². The summed E-state index contributed by atoms with van der Waals surface area (Å²) in [7, 11) is 0. The van der Waals surface area contributed by atoms with E-state index >= 15 is 0 Å². The second-order valence-electron chi connectivity index (χ2n) is 13.2. The molecular weight excluding hydrogens is 438 g/mol. The van der Waals surface area contributed by atoms with Crippen LogP contribution in [-0.2, 0) is 4.79 Å². The maximum absolute atomic E-state index is 13.7. The lowest BCUT2D eigenvalue weighted by Crippen LogP contribution is -2.56. The van der Waals surface area contributed by atoms with E-state index in [4.69, 9.17) is 0 Å². The van der Waals surface area contributed by atoms with Crippen molar-refractivity contribution in [2.24, 2.45) is 35.0 Å². The van der Waals surface area contributed by atoms with Crippen molar-refractivity contribution in [2.75, 3.05) is 39.3 Å². The fourth-order valence-corrected chi connectivity index (χ4v) is 8.99. The molecule has 1 amide bonds. The van der Waals surface area contributed by atoms with Crippen LogP contribution < -0.4 is 0 Å². The molecule has 1 unspecified atom stereocenters. The summed E-state index contributed by atoms with van der Waals surface area (Å²) < 4.78 is 0. The predicted molar refractivity (Wildman–Crippen MR) is 138 cm³/mol. The van der Waals surface area contributed by atoms with Crippen LogP contribution in [0.1, 0.15) is 78.1 Å². The van der Waals surface area contributed by atoms with Crippen molar-refractivity contribution in [3.8, 4) is 0 Å². The summed E-state index contributed by atoms with van der Waals surface area (Å²) in [5.74, 6) is 5.49. The zero-order chi connectivity index (χ0) is 24.7. The molecule has 6 nitrogen and oxygen atoms in total. The van der Waals surface area contributed by atoms with Gasteiger partial charge in [-0.1, -0.05) is 6.58 Å². The highest BCUT2D eigenvalue weighted by molar-refractivity contribution is 5.83. The van der Waals surface area contributed by atoms with Crippen molar-refractivity contribution in [2.45, 2.75) is 90.2 Å². The Morgan fingerprint density at radius 3 is 1.80 bits per heavy atom. The summed E-state index contributed by atoms with van der Waals surface area (Å²) in [6, 6.07) is 0.234. The first-order valence-corrected chi connectivity index (χ1v) is 14.6. The minimum absolute atomic E-state index is 0.0131. The molecule has 2 saturated heterocycles. The molecule has 2 N–H and O–H groups in total. The third kappa shape index (κ3) is 5.12. The Labute approximate surface area is 212 Å². The average molecular weight is 488 g/mol. The van der Waals surface area contributed by atoms with Gasteiger partial charge in [0.05, 0.1) is 23.9 Å². The molecule has 2 aliphatic heterocycles. The van der Waals surface area contributed by atoms with Crippen molar-refractivity contribution in [1.29, 1.82) is 0 Å². The third-order valence-corrected chi connectivity index (χ3v) is 10.5. The number of aliphatic hydroxyl groups is 2. The minimum Gasteiger partial charge on any atom is -0.394 e. The fraction of sp³-hybridized carbons (Fsp3) is 0.897. The minimum atomic E-state index is -0.738. The van der Waals surface area contributed by atoms with E-state index in [2.05, 4.69) is 35.1 Å². The van der Waals surface area contributed by atoms with Gasteiger partial charge in [-0.05, 0) is 108 Å². The molecule has 198 valence electrons. The maximum atomic E-state index is 13.7. The SMILES string of the molecule is C=C(N1CCC(C2CCN(C(=O)C34CC5CC(CC(C5)C3)C4)CC2)CC1)N(CC(O)CO)C(C)C. The summed E-state index contributed by atoms with van der Waals surface area (Å²) in [6.07, 6.45) is 11.7. The number of nitrogens with zero attached hydrogens (tertiary/aromatic N) is 3. The highest BCUT2D eigenvalue weighted by Gasteiger charge is 2.55. The van der Waals surface area contributed by atoms with Gasteiger partial charge in [-0.15, -0.1) is 0 Å². The lowest BCUT2D eigenvalue weighted by Gasteiger charge is -2.57. The second-order valence-corrected chi connectivity index (χ2v) is 13.2. The van der Waals surface area contributed by atoms with Crippen molar-refractivity contribution in [1.82, 2.24) is 14.7 Å². The average Bonchev–Trinajstić information content (AvgIpc) is 2.85. The summed E-state index contributed by atoms with van der Waals surface area (Å²) in [5.41, 5.74) is 0.0131. The number of amides is 1. The van der Waals surface area contributed by atoms with Gasteiger partial charge in [0.1, 0.15) is 0 Å². The molecular formula is C29H49N3O3. The Hall–Kier alpha value is -1.27. The van der Waals surface area contributed by atoms with Crippen LogP contribution in [0.3, 0.4) is 0 Å². The van der Waals surface area contributed by atoms with Gasteiger partial charge in [0, 0.05) is 38.8 Å². The summed E-state index contributed by atoms with van der Waals surface area (Å²) >= 11 is 0. The van der Waals surface area contributed by atoms with E-state index in [0.29, 0.717) is 12.5 Å². The van der Waals surface area contributed by atoms with Crippen molar-refractivity contribution >= 4 is 5.91 Å². The van der Waals surface area contributed by atoms with E-state index < -0.39 is 6.10 Å². The number of aliphatic hydroxyl groups excluding tert-OH is 2. The van der Waals surface area contributed by atoms with Crippen molar-refractivity contribution in [3.63, 3.8) is 0 Å². The molecule has 0 aromatic heterocycles. The zero-order valence-electron chi connectivity index (χ0n) is 22.2. The molecule has 1 atom stereocenters. The van der Waals surface area contributed by atoms with E-state index in [1.807, 2.05) is 0 Å². The first-order valence-electron chi connectivity index (χ1n) is 14.6. The van der Waals surface area contributed by atoms with E-state index in [-0.39, 0.29) is 18.1 Å². The number of carbonyl (C=O) groups is 1. The van der Waals surface area contributed by atoms with Crippen LogP contribution in [0.4, 0.5) is 0 Å². The lowest BCUT2D eigenvalue weighted by atomic mass is 9.49. The van der Waals surface area contributed by atoms with Gasteiger partial charge in [0.25, 0.3) is 0 Å². The quantitative estimate of drug-likeness (QED) is 0.547. The molecule has 6 rings (SSSR count). The number of likely N-dealkylation sites (tertiary alicyclic amines) is 2. The summed E-state index contributed by atoms with van der Waals surface area (Å²) in [6.45, 7) is 12.7. The van der Waals surface area contributed by atoms with Crippen LogP contribution in [0.2, 0.25) is 0 Å². The molecule has 4 bridgehead atoms. The Morgan fingerprint density at radius 2 is 1.37 bits per heavy atom. The second kappa shape index (κ2) is 10.2. The van der Waals surface area contributed by atoms with E-state index in [0.717, 1.165) is 61.6 Å². The van der Waals surface area contributed by atoms with Gasteiger partial charge < -0.3 is 24.9 Å². The lowest BCUT2D eigenvalue weighted by molar-refractivity contribution is -0.159. The molecule has 0 aromatic rings. The Kier molecular flexibility index (Phi) is 7.43. The zero-order valence-corrected chi connectivity index (χ0v) is 22.2. The van der Waals surface area contributed by atoms with E-state index in [1.165, 1.54) is 64.2 Å². The van der Waals surface area contributed by atoms with Crippen molar-refractivity contribution in [3.05, 3.63) is 12.4 Å². The molecule has 0 spiro atoms. The topological polar surface area (TPSA) is 67.2 Å². The number of hydrogen-bond donors (Lipinski definition) is 2. The predicted octanol–water partition coefficient (Wildman–Crippen LogP) is 3.69. The molecule has 0 aromatic carbocycles. The van der Waals surface area contributed by atoms with Gasteiger partial charge in [-0.2, -0.15) is 0 Å². The summed E-state index contributed by atoms with van der Waals surface area (Å²) in [4.78, 5) is 20.5. The highest BCUT2D eigenvalue weighted by Crippen LogP contribution is 2.60. The molecule has 2 heterocycles. The Balaban J connectivity index is 1.10. The normalized spacial score (nSPS) is 34.5. The van der Waals surface area contributed by atoms with E-state index in [1.54, 1.807) is 0 Å². The standard InChI is InChI=1S/C29H49N3O3/c1-20(2)32(18-27(34)19-33)21(3)30-8-4-25(5-9-30)26-6-10-31(11-7-26)28(35)29-15-22-12-23(16-29)14-24(13-22)17-29/h20,22-27,33-34H,3-19H2,1-2H3. The van der Waals surface area contributed by atoms with Crippen LogP contribution >= 0.6 is 0 Å². The monoisotopic (exact) mass is 487 g/mol. The molecule has 6 aliphatic rings. The third-order valence-electron chi connectivity index (χ3n) is 10.5. The van der Waals surface area contributed by atoms with Gasteiger partial charge in [-0.3, -0.25) is 4.79 Å². The van der Waals surface area contributed by atoms with Crippen molar-refractivity contribution < 1.29 is 15.0 Å². The van der Waals surface area contributed by atoms with Crippen LogP contribution in [0, 0.1) is 35.0 Å². The Bertz CT molecular complexity index is 732. The molecule has 4 aliphatic carbocycles. The smallest absolute Gasteiger partial charge is 0.228 e. The molecule has 0 radical (unpaired) electrons. The number of hydrogen-bond acceptors (Lipinski definition) is 5.